The molecule has 0 aromatic rings. The van der Waals surface area contributed by atoms with Gasteiger partial charge in [-0.3, -0.25) is 0 Å². The summed E-state index contributed by atoms with van der Waals surface area (Å²) in [6.45, 7) is 12.3. The molecule has 0 aromatic carbocycles. The molecule has 0 bridgehead atoms. The first-order valence-corrected chi connectivity index (χ1v) is 7.09. The SMILES string of the molecule is CC[O][Al]([CH](C)CC)[CH](C)CC. The number of rotatable bonds is 6. The van der Waals surface area contributed by atoms with Gasteiger partial charge in [0.2, 0.25) is 0 Å². The molecule has 0 aliphatic heterocycles. The Morgan fingerprint density at radius 1 is 1.00 bits per heavy atom. The smallest absolute Gasteiger partial charge is 0.467 e. The van der Waals surface area contributed by atoms with Crippen LogP contribution in [-0.2, 0) is 3.79 Å². The van der Waals surface area contributed by atoms with Gasteiger partial charge >= 0.3 is 14.5 Å². The van der Waals surface area contributed by atoms with E-state index >= 15 is 0 Å². The van der Waals surface area contributed by atoms with Crippen molar-refractivity contribution in [2.45, 2.75) is 57.0 Å². The van der Waals surface area contributed by atoms with Crippen LogP contribution in [0.4, 0.5) is 0 Å². The Morgan fingerprint density at radius 2 is 1.42 bits per heavy atom. The molecule has 2 atom stereocenters. The second-order valence-electron chi connectivity index (χ2n) is 3.69. The highest BCUT2D eigenvalue weighted by molar-refractivity contribution is 6.55. The summed E-state index contributed by atoms with van der Waals surface area (Å²) >= 11 is -0.922. The standard InChI is InChI=1S/2C4H9.C2H5O.Al/c2*1-3-4-2;1-2-3;/h2*3H,4H2,1-2H3;2H2,1H3;/q;;-1;+1. The van der Waals surface area contributed by atoms with E-state index in [9.17, 15) is 0 Å². The van der Waals surface area contributed by atoms with Crippen LogP contribution in [0.2, 0.25) is 9.56 Å². The second kappa shape index (κ2) is 6.95. The van der Waals surface area contributed by atoms with Crippen LogP contribution in [0.25, 0.3) is 0 Å². The van der Waals surface area contributed by atoms with E-state index < -0.39 is 14.5 Å². The van der Waals surface area contributed by atoms with Gasteiger partial charge in [-0.2, -0.15) is 0 Å². The first-order chi connectivity index (χ1) is 5.67. The Kier molecular flexibility index (Phi) is 7.24. The molecule has 0 N–H and O–H groups in total. The maximum Gasteiger partial charge on any atom is 0.467 e. The van der Waals surface area contributed by atoms with Crippen molar-refractivity contribution in [2.24, 2.45) is 0 Å². The average molecular weight is 186 g/mol. The molecule has 0 heterocycles. The zero-order valence-electron chi connectivity index (χ0n) is 9.26. The van der Waals surface area contributed by atoms with Crippen molar-refractivity contribution in [3.05, 3.63) is 0 Å². The van der Waals surface area contributed by atoms with Crippen LogP contribution in [0.1, 0.15) is 47.5 Å². The van der Waals surface area contributed by atoms with E-state index in [0.717, 1.165) is 16.2 Å². The Hall–Kier alpha value is 0.492. The van der Waals surface area contributed by atoms with Gasteiger partial charge in [0, 0.05) is 6.61 Å². The van der Waals surface area contributed by atoms with Gasteiger partial charge < -0.3 is 3.79 Å². The lowest BCUT2D eigenvalue weighted by molar-refractivity contribution is 0.324. The molecule has 2 heteroatoms. The summed E-state index contributed by atoms with van der Waals surface area (Å²) in [5.74, 6) is 0. The molecule has 0 aliphatic rings. The quantitative estimate of drug-likeness (QED) is 0.576. The van der Waals surface area contributed by atoms with E-state index in [2.05, 4.69) is 34.6 Å². The molecule has 0 aromatic heterocycles. The molecule has 0 saturated carbocycles. The minimum Gasteiger partial charge on any atom is -0.501 e. The first kappa shape index (κ1) is 12.5. The van der Waals surface area contributed by atoms with Gasteiger partial charge in [0.05, 0.1) is 0 Å². The largest absolute Gasteiger partial charge is 0.501 e. The molecule has 2 unspecified atom stereocenters. The fourth-order valence-corrected chi connectivity index (χ4v) is 4.64. The monoisotopic (exact) mass is 186 g/mol. The summed E-state index contributed by atoms with van der Waals surface area (Å²) in [5.41, 5.74) is 0. The first-order valence-electron chi connectivity index (χ1n) is 5.28. The van der Waals surface area contributed by atoms with Crippen LogP contribution in [-0.4, -0.2) is 21.1 Å². The minimum absolute atomic E-state index is 0.833. The lowest BCUT2D eigenvalue weighted by atomic mass is 10.3. The predicted molar refractivity (Wildman–Crippen MR) is 56.8 cm³/mol. The van der Waals surface area contributed by atoms with Crippen molar-refractivity contribution >= 4 is 14.5 Å². The Labute approximate surface area is 82.2 Å². The predicted octanol–water partition coefficient (Wildman–Crippen LogP) is 3.61. The van der Waals surface area contributed by atoms with Crippen LogP contribution in [0, 0.1) is 0 Å². The van der Waals surface area contributed by atoms with Gasteiger partial charge in [-0.1, -0.05) is 50.1 Å². The van der Waals surface area contributed by atoms with E-state index in [-0.39, 0.29) is 0 Å². The molecule has 0 amide bonds. The van der Waals surface area contributed by atoms with Gasteiger partial charge in [0.15, 0.2) is 0 Å². The average Bonchev–Trinajstić information content (AvgIpc) is 2.11. The zero-order chi connectivity index (χ0) is 9.56. The fraction of sp³-hybridized carbons (Fsp3) is 1.00. The Bertz CT molecular complexity index is 96.0. The van der Waals surface area contributed by atoms with E-state index in [0.29, 0.717) is 0 Å². The molecule has 0 rings (SSSR count). The van der Waals surface area contributed by atoms with Crippen molar-refractivity contribution in [2.75, 3.05) is 6.61 Å². The molecule has 1 nitrogen and oxygen atoms in total. The molecule has 0 spiro atoms. The van der Waals surface area contributed by atoms with Gasteiger partial charge in [0.1, 0.15) is 0 Å². The zero-order valence-corrected chi connectivity index (χ0v) is 10.4. The van der Waals surface area contributed by atoms with E-state index in [1.54, 1.807) is 0 Å². The van der Waals surface area contributed by atoms with Gasteiger partial charge in [-0.25, -0.2) is 0 Å². The Morgan fingerprint density at radius 3 is 1.67 bits per heavy atom. The maximum atomic E-state index is 5.89. The lowest BCUT2D eigenvalue weighted by Gasteiger charge is -2.22. The highest BCUT2D eigenvalue weighted by Gasteiger charge is 2.31. The van der Waals surface area contributed by atoms with Crippen molar-refractivity contribution in [3.8, 4) is 0 Å². The molecule has 0 radical (unpaired) electrons. The highest BCUT2D eigenvalue weighted by Crippen LogP contribution is 2.26. The Balaban J connectivity index is 4.01. The van der Waals surface area contributed by atoms with Crippen LogP contribution in [0.5, 0.6) is 0 Å². The number of hydrogen-bond donors (Lipinski definition) is 0. The molecule has 12 heavy (non-hydrogen) atoms. The molecule has 0 aliphatic carbocycles. The van der Waals surface area contributed by atoms with Gasteiger partial charge in [-0.15, -0.1) is 0 Å². The van der Waals surface area contributed by atoms with Crippen LogP contribution < -0.4 is 0 Å². The summed E-state index contributed by atoms with van der Waals surface area (Å²) in [7, 11) is 0. The van der Waals surface area contributed by atoms with Gasteiger partial charge in [0.25, 0.3) is 0 Å². The van der Waals surface area contributed by atoms with Crippen molar-refractivity contribution in [1.29, 1.82) is 0 Å². The number of hydrogen-bond acceptors (Lipinski definition) is 1. The third kappa shape index (κ3) is 3.94. The van der Waals surface area contributed by atoms with Crippen LogP contribution in [0.15, 0.2) is 0 Å². The maximum absolute atomic E-state index is 5.89. The summed E-state index contributed by atoms with van der Waals surface area (Å²) in [6.07, 6.45) is 2.56. The molecular formula is C10H23AlO. The third-order valence-corrected chi connectivity index (χ3v) is 6.67. The van der Waals surface area contributed by atoms with E-state index in [4.69, 9.17) is 3.79 Å². The molecular weight excluding hydrogens is 163 g/mol. The van der Waals surface area contributed by atoms with E-state index in [1.165, 1.54) is 12.8 Å². The van der Waals surface area contributed by atoms with Gasteiger partial charge in [-0.05, 0) is 6.92 Å². The van der Waals surface area contributed by atoms with E-state index in [1.807, 2.05) is 0 Å². The highest BCUT2D eigenvalue weighted by atomic mass is 27.2. The van der Waals surface area contributed by atoms with Crippen molar-refractivity contribution < 1.29 is 3.79 Å². The fourth-order valence-electron chi connectivity index (χ4n) is 1.55. The molecule has 0 saturated heterocycles. The minimum atomic E-state index is -0.922. The molecule has 72 valence electrons. The topological polar surface area (TPSA) is 9.23 Å². The van der Waals surface area contributed by atoms with Crippen molar-refractivity contribution in [1.82, 2.24) is 0 Å². The molecule has 0 fully saturated rings. The third-order valence-electron chi connectivity index (χ3n) is 2.77. The summed E-state index contributed by atoms with van der Waals surface area (Å²) in [5, 5.41) is 0. The second-order valence-corrected chi connectivity index (χ2v) is 7.23. The summed E-state index contributed by atoms with van der Waals surface area (Å²) < 4.78 is 7.55. The van der Waals surface area contributed by atoms with Crippen LogP contribution in [0.3, 0.4) is 0 Å². The van der Waals surface area contributed by atoms with Crippen molar-refractivity contribution in [3.63, 3.8) is 0 Å². The lowest BCUT2D eigenvalue weighted by Crippen LogP contribution is -2.27. The van der Waals surface area contributed by atoms with Crippen LogP contribution >= 0.6 is 0 Å². The normalized spacial score (nSPS) is 15.8. The summed E-state index contributed by atoms with van der Waals surface area (Å²) in [4.78, 5) is 0. The summed E-state index contributed by atoms with van der Waals surface area (Å²) in [6, 6.07) is 0.